The largest absolute Gasteiger partial charge is 0.497 e. The zero-order chi connectivity index (χ0) is 48.0. The smallest absolute Gasteiger partial charge is 0.244 e. The van der Waals surface area contributed by atoms with Crippen molar-refractivity contribution in [3.8, 4) is 5.75 Å². The lowest BCUT2D eigenvalue weighted by Gasteiger charge is -2.30. The second-order valence-corrected chi connectivity index (χ2v) is 18.1. The minimum atomic E-state index is -1.20. The molecule has 6 aromatic rings. The Labute approximate surface area is 391 Å². The molecule has 67 heavy (non-hydrogen) atoms. The van der Waals surface area contributed by atoms with Crippen molar-refractivity contribution >= 4 is 51.3 Å². The number of nitrogens with one attached hydrogen (secondary N) is 7. The Bertz CT molecular complexity index is 2590. The number of carbonyl (C=O) groups is 5. The number of amides is 5. The highest BCUT2D eigenvalue weighted by molar-refractivity contribution is 5.96. The van der Waals surface area contributed by atoms with Gasteiger partial charge in [0.05, 0.1) is 25.4 Å². The molecule has 0 aliphatic rings. The number of methoxy groups -OCH3 is 1. The third kappa shape index (κ3) is 14.0. The van der Waals surface area contributed by atoms with Crippen molar-refractivity contribution in [3.05, 3.63) is 138 Å². The highest BCUT2D eigenvalue weighted by atomic mass is 16.5. The number of H-pyrrole nitrogens is 2. The van der Waals surface area contributed by atoms with Crippen LogP contribution in [-0.4, -0.2) is 83.0 Å². The fourth-order valence-corrected chi connectivity index (χ4v) is 8.34. The fourth-order valence-electron chi connectivity index (χ4n) is 8.34. The summed E-state index contributed by atoms with van der Waals surface area (Å²) < 4.78 is 5.27. The number of nitrogens with two attached hydrogens (primary N) is 2. The molecule has 4 aromatic carbocycles. The van der Waals surface area contributed by atoms with Gasteiger partial charge in [-0.1, -0.05) is 107 Å². The first-order chi connectivity index (χ1) is 32.2. The summed E-state index contributed by atoms with van der Waals surface area (Å²) in [6.45, 7) is 7.99. The van der Waals surface area contributed by atoms with Gasteiger partial charge in [0.1, 0.15) is 23.9 Å². The Morgan fingerprint density at radius 3 is 1.51 bits per heavy atom. The summed E-state index contributed by atoms with van der Waals surface area (Å²) in [6, 6.07) is 26.6. The van der Waals surface area contributed by atoms with E-state index in [1.165, 1.54) is 0 Å². The van der Waals surface area contributed by atoms with E-state index in [1.807, 2.05) is 125 Å². The Balaban J connectivity index is 1.30. The number of benzene rings is 4. The Morgan fingerprint density at radius 2 is 1.00 bits per heavy atom. The van der Waals surface area contributed by atoms with E-state index in [2.05, 4.69) is 36.6 Å². The van der Waals surface area contributed by atoms with Gasteiger partial charge in [0.25, 0.3) is 0 Å². The standard InChI is InChI=1S/C52H65N9O6/c1-31(2)23-43(48(54)62)57-47(24-32(3)4)61-52(66)46(28-36-30-56-42-18-12-10-16-39(36)42)60-50(64)44(26-33-13-7-6-8-14-33)59-51(65)45(27-35-29-55-41-17-11-9-15-38(35)41)58-49(63)40(53)25-34-19-21-37(67-5)22-20-34/h6-22,29-32,40,43-47,55-57H,23-28,53H2,1-5H3,(H2,54,62)(H,58,63)(H,59,65)(H,60,64)(H,61,66)/t40-,43+,44+,45-,46-,47+/m1/s1. The number of aromatic nitrogens is 2. The van der Waals surface area contributed by atoms with E-state index in [0.717, 1.165) is 44.1 Å². The number of aromatic amines is 2. The normalized spacial score (nSPS) is 14.2. The van der Waals surface area contributed by atoms with Crippen LogP contribution >= 0.6 is 0 Å². The molecule has 15 heteroatoms. The average molecular weight is 912 g/mol. The van der Waals surface area contributed by atoms with Crippen LogP contribution in [0.5, 0.6) is 5.75 Å². The molecule has 0 bridgehead atoms. The van der Waals surface area contributed by atoms with Crippen molar-refractivity contribution in [2.45, 2.75) is 103 Å². The summed E-state index contributed by atoms with van der Waals surface area (Å²) in [5, 5.41) is 17.0. The third-order valence-corrected chi connectivity index (χ3v) is 11.8. The molecule has 15 nitrogen and oxygen atoms in total. The van der Waals surface area contributed by atoms with E-state index in [1.54, 1.807) is 25.4 Å². The first kappa shape index (κ1) is 49.5. The molecule has 11 N–H and O–H groups in total. The predicted molar refractivity (Wildman–Crippen MR) is 262 cm³/mol. The number of hydrogen-bond acceptors (Lipinski definition) is 8. The SMILES string of the molecule is COc1ccc(C[C@@H](N)C(=O)N[C@H](Cc2c[nH]c3ccccc23)C(=O)N[C@@H](Cc2ccccc2)C(=O)N[C@H](Cc2c[nH]c3ccccc23)C(=O)N[C@@H](CC(C)C)N[C@@H](CC(C)C)C(N)=O)cc1. The molecule has 6 atom stereocenters. The Hall–Kier alpha value is -6.97. The molecule has 0 saturated heterocycles. The molecule has 6 rings (SSSR count). The maximum atomic E-state index is 14.8. The van der Waals surface area contributed by atoms with Crippen LogP contribution in [0.15, 0.2) is 116 Å². The Morgan fingerprint density at radius 1 is 0.537 bits per heavy atom. The van der Waals surface area contributed by atoms with Gasteiger partial charge in [0.2, 0.25) is 29.5 Å². The number of primary amides is 1. The topological polar surface area (TPSA) is 238 Å². The molecular weight excluding hydrogens is 847 g/mol. The number of ether oxygens (including phenoxy) is 1. The quantitative estimate of drug-likeness (QED) is 0.0386. The van der Waals surface area contributed by atoms with Gasteiger partial charge in [0.15, 0.2) is 0 Å². The van der Waals surface area contributed by atoms with E-state index in [9.17, 15) is 24.0 Å². The summed E-state index contributed by atoms with van der Waals surface area (Å²) in [7, 11) is 1.57. The first-order valence-corrected chi connectivity index (χ1v) is 23.0. The van der Waals surface area contributed by atoms with Crippen LogP contribution in [0.4, 0.5) is 0 Å². The molecule has 2 heterocycles. The van der Waals surface area contributed by atoms with Crippen LogP contribution in [0.2, 0.25) is 0 Å². The second-order valence-electron chi connectivity index (χ2n) is 18.1. The highest BCUT2D eigenvalue weighted by Crippen LogP contribution is 2.22. The van der Waals surface area contributed by atoms with Gasteiger partial charge >= 0.3 is 0 Å². The zero-order valence-corrected chi connectivity index (χ0v) is 38.9. The average Bonchev–Trinajstić information content (AvgIpc) is 3.91. The van der Waals surface area contributed by atoms with Crippen molar-refractivity contribution in [3.63, 3.8) is 0 Å². The lowest BCUT2D eigenvalue weighted by Crippen LogP contribution is -2.61. The van der Waals surface area contributed by atoms with E-state index in [4.69, 9.17) is 16.2 Å². The molecule has 5 amide bonds. The molecule has 0 saturated carbocycles. The van der Waals surface area contributed by atoms with E-state index in [-0.39, 0.29) is 37.5 Å². The lowest BCUT2D eigenvalue weighted by molar-refractivity contribution is -0.134. The van der Waals surface area contributed by atoms with Crippen LogP contribution < -0.4 is 42.8 Å². The Kier molecular flexibility index (Phi) is 17.3. The molecule has 0 spiro atoms. The molecule has 354 valence electrons. The molecule has 0 fully saturated rings. The van der Waals surface area contributed by atoms with Crippen molar-refractivity contribution < 1.29 is 28.7 Å². The van der Waals surface area contributed by atoms with E-state index < -0.39 is 65.9 Å². The second kappa shape index (κ2) is 23.5. The van der Waals surface area contributed by atoms with Gasteiger partial charge in [-0.15, -0.1) is 0 Å². The first-order valence-electron chi connectivity index (χ1n) is 23.0. The summed E-state index contributed by atoms with van der Waals surface area (Å²) >= 11 is 0. The maximum Gasteiger partial charge on any atom is 0.244 e. The van der Waals surface area contributed by atoms with E-state index in [0.29, 0.717) is 18.6 Å². The number of hydrogen-bond donors (Lipinski definition) is 9. The van der Waals surface area contributed by atoms with Crippen molar-refractivity contribution in [2.24, 2.45) is 23.3 Å². The number of rotatable bonds is 24. The van der Waals surface area contributed by atoms with Crippen LogP contribution in [0, 0.1) is 11.8 Å². The van der Waals surface area contributed by atoms with Crippen LogP contribution in [0.3, 0.4) is 0 Å². The van der Waals surface area contributed by atoms with Crippen LogP contribution in [0.25, 0.3) is 21.8 Å². The third-order valence-electron chi connectivity index (χ3n) is 11.8. The number of para-hydroxylation sites is 2. The van der Waals surface area contributed by atoms with Gasteiger partial charge in [0, 0.05) is 53.5 Å². The van der Waals surface area contributed by atoms with Crippen LogP contribution in [0.1, 0.15) is 62.8 Å². The van der Waals surface area contributed by atoms with Crippen molar-refractivity contribution in [1.29, 1.82) is 0 Å². The minimum Gasteiger partial charge on any atom is -0.497 e. The zero-order valence-electron chi connectivity index (χ0n) is 38.9. The number of carbonyl (C=O) groups excluding carboxylic acids is 5. The van der Waals surface area contributed by atoms with Gasteiger partial charge < -0.3 is 47.4 Å². The molecule has 0 aliphatic heterocycles. The van der Waals surface area contributed by atoms with Gasteiger partial charge in [-0.3, -0.25) is 29.3 Å². The molecule has 0 aliphatic carbocycles. The monoisotopic (exact) mass is 912 g/mol. The van der Waals surface area contributed by atoms with Crippen LogP contribution in [-0.2, 0) is 49.7 Å². The number of fused-ring (bicyclic) bond motifs is 2. The summed E-state index contributed by atoms with van der Waals surface area (Å²) in [5.74, 6) is -1.87. The van der Waals surface area contributed by atoms with Crippen molar-refractivity contribution in [1.82, 2.24) is 36.6 Å². The summed E-state index contributed by atoms with van der Waals surface area (Å²) in [4.78, 5) is 77.1. The molecule has 0 unspecified atom stereocenters. The molecule has 2 aromatic heterocycles. The summed E-state index contributed by atoms with van der Waals surface area (Å²) in [6.07, 6.45) is 4.33. The highest BCUT2D eigenvalue weighted by Gasteiger charge is 2.33. The van der Waals surface area contributed by atoms with Gasteiger partial charge in [-0.05, 0) is 77.6 Å². The lowest BCUT2D eigenvalue weighted by atomic mass is 9.99. The minimum absolute atomic E-state index is 0.0671. The predicted octanol–water partition coefficient (Wildman–Crippen LogP) is 4.69. The van der Waals surface area contributed by atoms with Gasteiger partial charge in [-0.25, -0.2) is 0 Å². The maximum absolute atomic E-state index is 14.8. The molecular formula is C52H65N9O6. The molecule has 0 radical (unpaired) electrons. The van der Waals surface area contributed by atoms with E-state index >= 15 is 0 Å². The fraction of sp³-hybridized carbons (Fsp3) is 0.365. The van der Waals surface area contributed by atoms with Crippen molar-refractivity contribution in [2.75, 3.05) is 7.11 Å². The van der Waals surface area contributed by atoms with Gasteiger partial charge in [-0.2, -0.15) is 0 Å². The summed E-state index contributed by atoms with van der Waals surface area (Å²) in [5.41, 5.74) is 17.1.